The molecule has 134 valence electrons. The van der Waals surface area contributed by atoms with Crippen LogP contribution in [0.4, 0.5) is 8.78 Å². The summed E-state index contributed by atoms with van der Waals surface area (Å²) in [5.41, 5.74) is 0.677. The average Bonchev–Trinajstić information content (AvgIpc) is 2.61. The molecule has 0 aromatic heterocycles. The Kier molecular flexibility index (Phi) is 5.73. The molecule has 5 nitrogen and oxygen atoms in total. The van der Waals surface area contributed by atoms with Crippen LogP contribution in [-0.4, -0.2) is 26.7 Å². The molecule has 1 unspecified atom stereocenters. The summed E-state index contributed by atoms with van der Waals surface area (Å²) < 4.78 is 56.2. The molecule has 0 spiro atoms. The Balaban J connectivity index is 2.14. The largest absolute Gasteiger partial charge is 0.496 e. The third-order valence-electron chi connectivity index (χ3n) is 3.70. The Bertz CT molecular complexity index is 884. The summed E-state index contributed by atoms with van der Waals surface area (Å²) >= 11 is 0. The van der Waals surface area contributed by atoms with Crippen molar-refractivity contribution in [1.82, 2.24) is 5.32 Å². The molecule has 0 bridgehead atoms. The number of carbonyl (C=O) groups excluding carboxylic acids is 1. The van der Waals surface area contributed by atoms with Crippen LogP contribution in [0.3, 0.4) is 0 Å². The second-order valence-electron chi connectivity index (χ2n) is 5.29. The second kappa shape index (κ2) is 7.60. The van der Waals surface area contributed by atoms with Gasteiger partial charge in [0.25, 0.3) is 0 Å². The summed E-state index contributed by atoms with van der Waals surface area (Å²) in [6.45, 7) is 1.26. The molecule has 2 aromatic rings. The summed E-state index contributed by atoms with van der Waals surface area (Å²) in [6, 6.07) is 9.16. The van der Waals surface area contributed by atoms with E-state index < -0.39 is 37.5 Å². The van der Waals surface area contributed by atoms with Crippen LogP contribution in [0.2, 0.25) is 0 Å². The quantitative estimate of drug-likeness (QED) is 0.794. The molecular formula is C17H17F2NO4S. The number of ether oxygens (including phenoxy) is 1. The number of amides is 1. The first-order chi connectivity index (χ1) is 11.8. The highest BCUT2D eigenvalue weighted by Gasteiger charge is 2.30. The van der Waals surface area contributed by atoms with Gasteiger partial charge in [-0.15, -0.1) is 0 Å². The number of para-hydroxylation sites is 1. The van der Waals surface area contributed by atoms with Gasteiger partial charge in [-0.05, 0) is 31.2 Å². The number of benzene rings is 2. The third kappa shape index (κ3) is 4.14. The lowest BCUT2D eigenvalue weighted by atomic mass is 10.2. The molecule has 0 saturated heterocycles. The normalized spacial score (nSPS) is 12.5. The lowest BCUT2D eigenvalue weighted by molar-refractivity contribution is -0.120. The van der Waals surface area contributed by atoms with E-state index >= 15 is 0 Å². The molecule has 0 saturated carbocycles. The summed E-state index contributed by atoms with van der Waals surface area (Å²) in [4.78, 5) is 11.7. The minimum Gasteiger partial charge on any atom is -0.496 e. The Hall–Kier alpha value is -2.48. The van der Waals surface area contributed by atoms with Crippen LogP contribution in [-0.2, 0) is 21.2 Å². The van der Waals surface area contributed by atoms with Gasteiger partial charge in [0.2, 0.25) is 5.91 Å². The van der Waals surface area contributed by atoms with E-state index in [1.165, 1.54) is 14.0 Å². The topological polar surface area (TPSA) is 72.5 Å². The minimum absolute atomic E-state index is 0.0699. The highest BCUT2D eigenvalue weighted by molar-refractivity contribution is 7.92. The van der Waals surface area contributed by atoms with Crippen LogP contribution >= 0.6 is 0 Å². The first kappa shape index (κ1) is 18.9. The van der Waals surface area contributed by atoms with Gasteiger partial charge >= 0.3 is 0 Å². The maximum absolute atomic E-state index is 13.3. The first-order valence-electron chi connectivity index (χ1n) is 7.36. The van der Waals surface area contributed by atoms with Crippen LogP contribution in [0, 0.1) is 11.6 Å². The SMILES string of the molecule is COc1ccccc1CNC(=O)C(C)S(=O)(=O)c1ccc(F)c(F)c1. The first-order valence-corrected chi connectivity index (χ1v) is 8.90. The molecule has 0 aliphatic rings. The molecule has 0 fully saturated rings. The van der Waals surface area contributed by atoms with Crippen molar-refractivity contribution in [1.29, 1.82) is 0 Å². The van der Waals surface area contributed by atoms with E-state index in [-0.39, 0.29) is 6.54 Å². The Morgan fingerprint density at radius 2 is 1.84 bits per heavy atom. The lowest BCUT2D eigenvalue weighted by Crippen LogP contribution is -2.37. The van der Waals surface area contributed by atoms with Crippen LogP contribution in [0.5, 0.6) is 5.75 Å². The smallest absolute Gasteiger partial charge is 0.238 e. The van der Waals surface area contributed by atoms with Gasteiger partial charge < -0.3 is 10.1 Å². The molecule has 1 N–H and O–H groups in total. The van der Waals surface area contributed by atoms with Gasteiger partial charge in [0.15, 0.2) is 21.5 Å². The van der Waals surface area contributed by atoms with E-state index in [1.807, 2.05) is 0 Å². The summed E-state index contributed by atoms with van der Waals surface area (Å²) in [5.74, 6) is -2.65. The highest BCUT2D eigenvalue weighted by Crippen LogP contribution is 2.20. The number of carbonyl (C=O) groups is 1. The van der Waals surface area contributed by atoms with E-state index in [4.69, 9.17) is 4.74 Å². The fourth-order valence-electron chi connectivity index (χ4n) is 2.17. The van der Waals surface area contributed by atoms with E-state index in [1.54, 1.807) is 24.3 Å². The van der Waals surface area contributed by atoms with Crippen molar-refractivity contribution in [3.05, 3.63) is 59.7 Å². The standard InChI is InChI=1S/C17H17F2NO4S/c1-11(25(22,23)13-7-8-14(18)15(19)9-13)17(21)20-10-12-5-3-4-6-16(12)24-2/h3-9,11H,10H2,1-2H3,(H,20,21). The average molecular weight is 369 g/mol. The zero-order chi connectivity index (χ0) is 18.6. The number of methoxy groups -OCH3 is 1. The molecular weight excluding hydrogens is 352 g/mol. The molecule has 1 atom stereocenters. The van der Waals surface area contributed by atoms with Crippen LogP contribution in [0.25, 0.3) is 0 Å². The third-order valence-corrected chi connectivity index (χ3v) is 5.76. The van der Waals surface area contributed by atoms with E-state index in [2.05, 4.69) is 5.32 Å². The van der Waals surface area contributed by atoms with E-state index in [0.717, 1.165) is 6.07 Å². The van der Waals surface area contributed by atoms with Crippen LogP contribution in [0.15, 0.2) is 47.4 Å². The number of rotatable bonds is 6. The zero-order valence-corrected chi connectivity index (χ0v) is 14.4. The molecule has 2 aromatic carbocycles. The lowest BCUT2D eigenvalue weighted by Gasteiger charge is -2.14. The van der Waals surface area contributed by atoms with Crippen molar-refractivity contribution >= 4 is 15.7 Å². The minimum atomic E-state index is -4.15. The van der Waals surface area contributed by atoms with Crippen molar-refractivity contribution in [2.45, 2.75) is 23.6 Å². The van der Waals surface area contributed by atoms with Crippen molar-refractivity contribution in [2.24, 2.45) is 0 Å². The van der Waals surface area contributed by atoms with Gasteiger partial charge in [-0.25, -0.2) is 17.2 Å². The van der Waals surface area contributed by atoms with Gasteiger partial charge in [-0.1, -0.05) is 18.2 Å². The zero-order valence-electron chi connectivity index (χ0n) is 13.6. The van der Waals surface area contributed by atoms with Crippen LogP contribution < -0.4 is 10.1 Å². The van der Waals surface area contributed by atoms with Crippen molar-refractivity contribution in [3.8, 4) is 5.75 Å². The fraction of sp³-hybridized carbons (Fsp3) is 0.235. The number of halogens is 2. The molecule has 0 aliphatic carbocycles. The van der Waals surface area contributed by atoms with Gasteiger partial charge in [0.05, 0.1) is 12.0 Å². The van der Waals surface area contributed by atoms with Crippen molar-refractivity contribution < 1.29 is 26.7 Å². The Labute approximate surface area is 144 Å². The molecule has 0 aliphatic heterocycles. The van der Waals surface area contributed by atoms with Crippen LogP contribution in [0.1, 0.15) is 12.5 Å². The predicted molar refractivity (Wildman–Crippen MR) is 87.8 cm³/mol. The monoisotopic (exact) mass is 369 g/mol. The number of hydrogen-bond acceptors (Lipinski definition) is 4. The van der Waals surface area contributed by atoms with Gasteiger partial charge in [0.1, 0.15) is 11.0 Å². The predicted octanol–water partition coefficient (Wildman–Crippen LogP) is 2.45. The second-order valence-corrected chi connectivity index (χ2v) is 7.56. The molecule has 25 heavy (non-hydrogen) atoms. The van der Waals surface area contributed by atoms with Crippen molar-refractivity contribution in [2.75, 3.05) is 7.11 Å². The van der Waals surface area contributed by atoms with E-state index in [0.29, 0.717) is 23.4 Å². The van der Waals surface area contributed by atoms with Crippen molar-refractivity contribution in [3.63, 3.8) is 0 Å². The van der Waals surface area contributed by atoms with Gasteiger partial charge in [-0.3, -0.25) is 4.79 Å². The molecule has 2 rings (SSSR count). The Morgan fingerprint density at radius 3 is 2.48 bits per heavy atom. The van der Waals surface area contributed by atoms with E-state index in [9.17, 15) is 22.0 Å². The number of sulfone groups is 1. The summed E-state index contributed by atoms with van der Waals surface area (Å²) in [7, 11) is -2.66. The van der Waals surface area contributed by atoms with Gasteiger partial charge in [0, 0.05) is 12.1 Å². The summed E-state index contributed by atoms with van der Waals surface area (Å²) in [6.07, 6.45) is 0. The fourth-order valence-corrected chi connectivity index (χ4v) is 3.47. The molecule has 0 radical (unpaired) electrons. The summed E-state index contributed by atoms with van der Waals surface area (Å²) in [5, 5.41) is 1.04. The molecule has 1 amide bonds. The maximum Gasteiger partial charge on any atom is 0.238 e. The number of nitrogens with one attached hydrogen (secondary N) is 1. The maximum atomic E-state index is 13.3. The number of hydrogen-bond donors (Lipinski definition) is 1. The molecule has 8 heteroatoms. The Morgan fingerprint density at radius 1 is 1.16 bits per heavy atom. The van der Waals surface area contributed by atoms with Gasteiger partial charge in [-0.2, -0.15) is 0 Å². The highest BCUT2D eigenvalue weighted by atomic mass is 32.2. The molecule has 0 heterocycles.